The second-order valence-electron chi connectivity index (χ2n) is 7.74. The maximum absolute atomic E-state index is 12.9. The van der Waals surface area contributed by atoms with E-state index in [9.17, 15) is 14.7 Å². The number of aliphatic hydroxyl groups is 1. The Bertz CT molecular complexity index is 964. The summed E-state index contributed by atoms with van der Waals surface area (Å²) < 4.78 is 22.6. The number of hydrogen-bond acceptors (Lipinski definition) is 7. The number of aliphatic hydroxyl groups excluding tert-OH is 1. The molecular weight excluding hydrogens is 388 g/mol. The zero-order valence-corrected chi connectivity index (χ0v) is 17.8. The fourth-order valence-corrected chi connectivity index (χ4v) is 3.78. The van der Waals surface area contributed by atoms with Crippen LogP contribution in [0.5, 0.6) is 11.5 Å². The van der Waals surface area contributed by atoms with Crippen LogP contribution in [0.25, 0.3) is 0 Å². The summed E-state index contributed by atoms with van der Waals surface area (Å²) in [5.74, 6) is 2.08. The minimum Gasteiger partial charge on any atom is -0.495 e. The Morgan fingerprint density at radius 3 is 2.60 bits per heavy atom. The summed E-state index contributed by atoms with van der Waals surface area (Å²) in [6, 6.07) is 3.26. The number of hydrogen-bond donors (Lipinski definition) is 1. The lowest BCUT2D eigenvalue weighted by Gasteiger charge is -2.30. The summed E-state index contributed by atoms with van der Waals surface area (Å²) in [7, 11) is 2.93. The first kappa shape index (κ1) is 21.7. The zero-order chi connectivity index (χ0) is 22.0. The number of fused-ring (bicyclic) bond motifs is 2. The Morgan fingerprint density at radius 1 is 1.27 bits per heavy atom. The zero-order valence-electron chi connectivity index (χ0n) is 17.8. The molecule has 2 aliphatic rings. The molecule has 2 atom stereocenters. The monoisotopic (exact) mass is 414 g/mol. The summed E-state index contributed by atoms with van der Waals surface area (Å²) in [5, 5.41) is 10.6. The Kier molecular flexibility index (Phi) is 6.34. The molecule has 2 unspecified atom stereocenters. The number of esters is 1. The molecular formula is C23H26O7. The number of allylic oxidation sites excluding steroid dienone is 2. The van der Waals surface area contributed by atoms with Crippen LogP contribution in [0.15, 0.2) is 40.9 Å². The topological polar surface area (TPSA) is 91.3 Å². The number of benzene rings is 1. The molecule has 1 aliphatic heterocycles. The van der Waals surface area contributed by atoms with E-state index >= 15 is 0 Å². The van der Waals surface area contributed by atoms with Crippen molar-refractivity contribution in [2.24, 2.45) is 11.8 Å². The molecule has 7 nitrogen and oxygen atoms in total. The van der Waals surface area contributed by atoms with Crippen molar-refractivity contribution in [2.75, 3.05) is 20.8 Å². The van der Waals surface area contributed by atoms with E-state index in [2.05, 4.69) is 0 Å². The summed E-state index contributed by atoms with van der Waals surface area (Å²) in [6.07, 6.45) is 1.38. The summed E-state index contributed by atoms with van der Waals surface area (Å²) in [5.41, 5.74) is 1.58. The first-order valence-corrected chi connectivity index (χ1v) is 9.78. The molecule has 0 fully saturated rings. The highest BCUT2D eigenvalue weighted by Gasteiger charge is 2.37. The third kappa shape index (κ3) is 3.86. The maximum Gasteiger partial charge on any atom is 0.345 e. The number of carbonyl (C=O) groups excluding carboxylic acids is 2. The standard InChI is InChI=1S/C23H26O7/c1-12(2)8-17(25)14-6-7-18-20(22(14)28-5)23(26)29-11-16-15(10-24)13(3)9-19(27-4)21(16)30-18/h6-7,9,12,16-17,25H,8,11H2,1-5H3. The second kappa shape index (κ2) is 8.78. The van der Waals surface area contributed by atoms with Crippen LogP contribution in [0, 0.1) is 11.8 Å². The molecule has 0 aromatic heterocycles. The maximum atomic E-state index is 12.9. The number of rotatable bonds is 5. The van der Waals surface area contributed by atoms with Crippen LogP contribution in [-0.2, 0) is 14.3 Å². The Morgan fingerprint density at radius 2 is 2.00 bits per heavy atom. The number of methoxy groups -OCH3 is 2. The highest BCUT2D eigenvalue weighted by Crippen LogP contribution is 2.43. The van der Waals surface area contributed by atoms with E-state index in [1.54, 1.807) is 25.1 Å². The molecule has 1 aliphatic carbocycles. The van der Waals surface area contributed by atoms with Gasteiger partial charge in [0.25, 0.3) is 0 Å². The van der Waals surface area contributed by atoms with E-state index < -0.39 is 18.0 Å². The van der Waals surface area contributed by atoms with E-state index in [1.807, 2.05) is 19.8 Å². The highest BCUT2D eigenvalue weighted by atomic mass is 16.6. The van der Waals surface area contributed by atoms with Crippen molar-refractivity contribution in [3.8, 4) is 11.5 Å². The van der Waals surface area contributed by atoms with Crippen molar-refractivity contribution in [3.63, 3.8) is 0 Å². The average molecular weight is 414 g/mol. The lowest BCUT2D eigenvalue weighted by molar-refractivity contribution is 0.0422. The minimum atomic E-state index is -0.810. The van der Waals surface area contributed by atoms with Gasteiger partial charge in [-0.05, 0) is 43.0 Å². The summed E-state index contributed by atoms with van der Waals surface area (Å²) in [4.78, 5) is 24.4. The third-order valence-electron chi connectivity index (χ3n) is 5.22. The minimum absolute atomic E-state index is 0.0853. The first-order chi connectivity index (χ1) is 14.3. The van der Waals surface area contributed by atoms with Crippen molar-refractivity contribution < 1.29 is 33.6 Å². The SMILES string of the molecule is COC1=C2Oc3ccc(C(O)CC(C)C)c(OC)c3C(=O)OCC2C(=C=O)C(C)=C1. The van der Waals surface area contributed by atoms with Gasteiger partial charge in [-0.3, -0.25) is 0 Å². The average Bonchev–Trinajstić information content (AvgIpc) is 2.70. The smallest absolute Gasteiger partial charge is 0.345 e. The van der Waals surface area contributed by atoms with Crippen molar-refractivity contribution >= 4 is 11.9 Å². The molecule has 30 heavy (non-hydrogen) atoms. The molecule has 0 saturated heterocycles. The molecule has 1 heterocycles. The predicted molar refractivity (Wildman–Crippen MR) is 109 cm³/mol. The van der Waals surface area contributed by atoms with Gasteiger partial charge in [-0.1, -0.05) is 13.8 Å². The first-order valence-electron chi connectivity index (χ1n) is 9.78. The van der Waals surface area contributed by atoms with Crippen LogP contribution in [-0.4, -0.2) is 37.8 Å². The van der Waals surface area contributed by atoms with Crippen molar-refractivity contribution in [3.05, 3.63) is 52.0 Å². The van der Waals surface area contributed by atoms with E-state index in [0.29, 0.717) is 34.6 Å². The van der Waals surface area contributed by atoms with Crippen LogP contribution in [0.2, 0.25) is 0 Å². The molecule has 0 bridgehead atoms. The van der Waals surface area contributed by atoms with E-state index in [-0.39, 0.29) is 29.6 Å². The van der Waals surface area contributed by atoms with Crippen molar-refractivity contribution in [1.82, 2.24) is 0 Å². The van der Waals surface area contributed by atoms with Crippen molar-refractivity contribution in [1.29, 1.82) is 0 Å². The number of carbonyl (C=O) groups is 1. The molecule has 3 rings (SSSR count). The molecule has 160 valence electrons. The van der Waals surface area contributed by atoms with Gasteiger partial charge in [-0.25, -0.2) is 9.59 Å². The lowest BCUT2D eigenvalue weighted by Crippen LogP contribution is -2.29. The van der Waals surface area contributed by atoms with E-state index in [0.717, 1.165) is 0 Å². The quantitative estimate of drug-likeness (QED) is 0.582. The van der Waals surface area contributed by atoms with Gasteiger partial charge < -0.3 is 24.1 Å². The van der Waals surface area contributed by atoms with E-state index in [4.69, 9.17) is 18.9 Å². The normalized spacial score (nSPS) is 19.4. The fourth-order valence-electron chi connectivity index (χ4n) is 3.78. The lowest BCUT2D eigenvalue weighted by atomic mass is 9.87. The van der Waals surface area contributed by atoms with Crippen molar-refractivity contribution in [2.45, 2.75) is 33.3 Å². The largest absolute Gasteiger partial charge is 0.495 e. The Balaban J connectivity index is 2.16. The molecule has 0 saturated carbocycles. The molecule has 1 N–H and O–H groups in total. The van der Waals surface area contributed by atoms with Gasteiger partial charge in [0, 0.05) is 5.56 Å². The van der Waals surface area contributed by atoms with Gasteiger partial charge in [0.2, 0.25) is 0 Å². The van der Waals surface area contributed by atoms with Gasteiger partial charge in [-0.15, -0.1) is 0 Å². The van der Waals surface area contributed by atoms with Gasteiger partial charge in [0.15, 0.2) is 11.5 Å². The fraction of sp³-hybridized carbons (Fsp3) is 0.435. The van der Waals surface area contributed by atoms with Crippen LogP contribution in [0.3, 0.4) is 0 Å². The van der Waals surface area contributed by atoms with Gasteiger partial charge >= 0.3 is 5.97 Å². The van der Waals surface area contributed by atoms with Crippen LogP contribution in [0.1, 0.15) is 49.2 Å². The number of cyclic esters (lactones) is 1. The summed E-state index contributed by atoms with van der Waals surface area (Å²) >= 11 is 0. The van der Waals surface area contributed by atoms with Crippen LogP contribution < -0.4 is 9.47 Å². The predicted octanol–water partition coefficient (Wildman–Crippen LogP) is 3.52. The molecule has 1 aromatic carbocycles. The Labute approximate surface area is 175 Å². The van der Waals surface area contributed by atoms with Gasteiger partial charge in [-0.2, -0.15) is 0 Å². The third-order valence-corrected chi connectivity index (χ3v) is 5.22. The van der Waals surface area contributed by atoms with Gasteiger partial charge in [0.1, 0.15) is 29.6 Å². The summed E-state index contributed by atoms with van der Waals surface area (Å²) in [6.45, 7) is 5.64. The van der Waals surface area contributed by atoms with Gasteiger partial charge in [0.05, 0.1) is 31.8 Å². The van der Waals surface area contributed by atoms with E-state index in [1.165, 1.54) is 14.2 Å². The molecule has 0 radical (unpaired) electrons. The highest BCUT2D eigenvalue weighted by molar-refractivity contribution is 5.96. The molecule has 0 amide bonds. The van der Waals surface area contributed by atoms with Crippen LogP contribution in [0.4, 0.5) is 0 Å². The van der Waals surface area contributed by atoms with Crippen LogP contribution >= 0.6 is 0 Å². The Hall–Kier alpha value is -3.02. The molecule has 7 heteroatoms. The molecule has 1 aromatic rings. The second-order valence-corrected chi connectivity index (χ2v) is 7.74. The number of ether oxygens (including phenoxy) is 4. The molecule has 0 spiro atoms.